The van der Waals surface area contributed by atoms with E-state index in [-0.39, 0.29) is 24.0 Å². The van der Waals surface area contributed by atoms with E-state index in [4.69, 9.17) is 11.6 Å². The highest BCUT2D eigenvalue weighted by Crippen LogP contribution is 2.21. The van der Waals surface area contributed by atoms with E-state index in [1.54, 1.807) is 6.07 Å². The molecule has 0 spiro atoms. The number of nitrogens with one attached hydrogen (secondary N) is 2. The average Bonchev–Trinajstić information content (AvgIpc) is 2.38. The van der Waals surface area contributed by atoms with Crippen molar-refractivity contribution in [3.8, 4) is 0 Å². The lowest BCUT2D eigenvalue weighted by Crippen LogP contribution is -2.42. The number of guanidine groups is 1. The van der Waals surface area contributed by atoms with Gasteiger partial charge in [0, 0.05) is 30.2 Å². The Morgan fingerprint density at radius 3 is 2.89 bits per heavy atom. The van der Waals surface area contributed by atoms with E-state index in [0.29, 0.717) is 11.6 Å². The topological polar surface area (TPSA) is 56.6 Å². The van der Waals surface area contributed by atoms with Crippen molar-refractivity contribution in [3.05, 3.63) is 34.9 Å². The Morgan fingerprint density at radius 2 is 2.22 bits per heavy atom. The molecular weight excluding hydrogens is 365 g/mol. The van der Waals surface area contributed by atoms with Crippen LogP contribution in [-0.4, -0.2) is 30.7 Å². The monoisotopic (exact) mass is 381 g/mol. The third-order valence-electron chi connectivity index (χ3n) is 2.62. The van der Waals surface area contributed by atoms with Gasteiger partial charge in [0.25, 0.3) is 0 Å². The average molecular weight is 382 g/mol. The molecule has 1 aromatic carbocycles. The fourth-order valence-corrected chi connectivity index (χ4v) is 1.96. The molecule has 1 aliphatic heterocycles. The maximum atomic E-state index is 10.0. The molecule has 0 amide bonds. The normalized spacial score (nSPS) is 16.0. The van der Waals surface area contributed by atoms with Crippen molar-refractivity contribution in [2.45, 2.75) is 12.5 Å². The SMILES string of the molecule is I.OC(CNC1=NCCCN1)c1ccccc1Cl. The zero-order valence-corrected chi connectivity index (χ0v) is 13.0. The minimum Gasteiger partial charge on any atom is -0.387 e. The van der Waals surface area contributed by atoms with E-state index in [0.717, 1.165) is 31.0 Å². The minimum absolute atomic E-state index is 0. The predicted octanol–water partition coefficient (Wildman–Crippen LogP) is 1.93. The molecule has 0 fully saturated rings. The summed E-state index contributed by atoms with van der Waals surface area (Å²) >= 11 is 6.01. The van der Waals surface area contributed by atoms with Gasteiger partial charge in [0.05, 0.1) is 6.10 Å². The molecule has 2 rings (SSSR count). The summed E-state index contributed by atoms with van der Waals surface area (Å²) in [7, 11) is 0. The molecule has 100 valence electrons. The van der Waals surface area contributed by atoms with Crippen molar-refractivity contribution in [1.29, 1.82) is 0 Å². The van der Waals surface area contributed by atoms with E-state index >= 15 is 0 Å². The standard InChI is InChI=1S/C12H16ClN3O.HI/c13-10-5-2-1-4-9(10)11(17)8-16-12-14-6-3-7-15-12;/h1-2,4-5,11,17H,3,6-8H2,(H2,14,15,16);1H. The van der Waals surface area contributed by atoms with E-state index in [9.17, 15) is 5.11 Å². The number of nitrogens with zero attached hydrogens (tertiary/aromatic N) is 1. The van der Waals surface area contributed by atoms with Crippen LogP contribution in [-0.2, 0) is 0 Å². The van der Waals surface area contributed by atoms with Gasteiger partial charge in [0.2, 0.25) is 0 Å². The molecule has 0 aliphatic carbocycles. The molecule has 0 radical (unpaired) electrons. The first-order valence-corrected chi connectivity index (χ1v) is 6.10. The Hall–Kier alpha value is -0.530. The van der Waals surface area contributed by atoms with Gasteiger partial charge in [-0.1, -0.05) is 29.8 Å². The van der Waals surface area contributed by atoms with Crippen molar-refractivity contribution < 1.29 is 5.11 Å². The van der Waals surface area contributed by atoms with Crippen molar-refractivity contribution >= 4 is 41.5 Å². The van der Waals surface area contributed by atoms with Gasteiger partial charge >= 0.3 is 0 Å². The number of benzene rings is 1. The van der Waals surface area contributed by atoms with Crippen LogP contribution in [0.15, 0.2) is 29.3 Å². The van der Waals surface area contributed by atoms with Gasteiger partial charge < -0.3 is 15.7 Å². The van der Waals surface area contributed by atoms with Gasteiger partial charge in [0.15, 0.2) is 5.96 Å². The van der Waals surface area contributed by atoms with Crippen molar-refractivity contribution in [1.82, 2.24) is 10.6 Å². The molecule has 4 nitrogen and oxygen atoms in total. The minimum atomic E-state index is -0.630. The van der Waals surface area contributed by atoms with Crippen LogP contribution in [0.25, 0.3) is 0 Å². The number of aliphatic hydroxyl groups is 1. The van der Waals surface area contributed by atoms with Crippen molar-refractivity contribution in [2.24, 2.45) is 4.99 Å². The predicted molar refractivity (Wildman–Crippen MR) is 84.8 cm³/mol. The number of rotatable bonds is 3. The molecule has 1 aromatic rings. The van der Waals surface area contributed by atoms with Crippen LogP contribution < -0.4 is 10.6 Å². The van der Waals surface area contributed by atoms with Gasteiger partial charge in [-0.15, -0.1) is 24.0 Å². The number of hydrogen-bond donors (Lipinski definition) is 3. The maximum Gasteiger partial charge on any atom is 0.191 e. The van der Waals surface area contributed by atoms with E-state index in [1.807, 2.05) is 18.2 Å². The molecule has 1 heterocycles. The molecule has 0 aromatic heterocycles. The van der Waals surface area contributed by atoms with Gasteiger partial charge in [-0.3, -0.25) is 4.99 Å². The zero-order valence-electron chi connectivity index (χ0n) is 9.90. The van der Waals surface area contributed by atoms with Crippen LogP contribution in [0.2, 0.25) is 5.02 Å². The Labute approximate surface area is 129 Å². The van der Waals surface area contributed by atoms with Crippen LogP contribution in [0, 0.1) is 0 Å². The largest absolute Gasteiger partial charge is 0.387 e. The molecule has 0 saturated carbocycles. The first-order chi connectivity index (χ1) is 8.27. The molecule has 1 aliphatic rings. The fraction of sp³-hybridized carbons (Fsp3) is 0.417. The Morgan fingerprint density at radius 1 is 1.44 bits per heavy atom. The smallest absolute Gasteiger partial charge is 0.191 e. The first kappa shape index (κ1) is 15.5. The Kier molecular flexibility index (Phi) is 6.73. The summed E-state index contributed by atoms with van der Waals surface area (Å²) < 4.78 is 0. The van der Waals surface area contributed by atoms with Gasteiger partial charge in [-0.05, 0) is 12.5 Å². The number of aliphatic hydroxyl groups excluding tert-OH is 1. The summed E-state index contributed by atoms with van der Waals surface area (Å²) in [5.74, 6) is 0.752. The lowest BCUT2D eigenvalue weighted by Gasteiger charge is -2.18. The summed E-state index contributed by atoms with van der Waals surface area (Å²) in [6.45, 7) is 2.15. The number of hydrogen-bond acceptors (Lipinski definition) is 4. The Balaban J connectivity index is 0.00000162. The fourth-order valence-electron chi connectivity index (χ4n) is 1.70. The third-order valence-corrected chi connectivity index (χ3v) is 2.97. The van der Waals surface area contributed by atoms with Crippen LogP contribution in [0.5, 0.6) is 0 Å². The lowest BCUT2D eigenvalue weighted by molar-refractivity contribution is 0.181. The van der Waals surface area contributed by atoms with Gasteiger partial charge in [-0.25, -0.2) is 0 Å². The second-order valence-corrected chi connectivity index (χ2v) is 4.34. The van der Waals surface area contributed by atoms with Crippen LogP contribution in [0.4, 0.5) is 0 Å². The Bertz CT molecular complexity index is 414. The summed E-state index contributed by atoms with van der Waals surface area (Å²) in [6.07, 6.45) is 0.424. The second-order valence-electron chi connectivity index (χ2n) is 3.93. The van der Waals surface area contributed by atoms with E-state index in [1.165, 1.54) is 0 Å². The molecular formula is C12H17ClIN3O. The van der Waals surface area contributed by atoms with Crippen LogP contribution in [0.3, 0.4) is 0 Å². The van der Waals surface area contributed by atoms with E-state index < -0.39 is 6.10 Å². The molecule has 1 atom stereocenters. The van der Waals surface area contributed by atoms with E-state index in [2.05, 4.69) is 15.6 Å². The molecule has 0 bridgehead atoms. The lowest BCUT2D eigenvalue weighted by atomic mass is 10.1. The molecule has 1 unspecified atom stereocenters. The second kappa shape index (κ2) is 7.81. The molecule has 18 heavy (non-hydrogen) atoms. The highest BCUT2D eigenvalue weighted by atomic mass is 127. The van der Waals surface area contributed by atoms with Gasteiger partial charge in [0.1, 0.15) is 0 Å². The maximum absolute atomic E-state index is 10.0. The molecule has 0 saturated heterocycles. The van der Waals surface area contributed by atoms with Crippen molar-refractivity contribution in [3.63, 3.8) is 0 Å². The first-order valence-electron chi connectivity index (χ1n) is 5.72. The molecule has 6 heteroatoms. The number of halogens is 2. The van der Waals surface area contributed by atoms with Crippen LogP contribution >= 0.6 is 35.6 Å². The van der Waals surface area contributed by atoms with Gasteiger partial charge in [-0.2, -0.15) is 0 Å². The molecule has 3 N–H and O–H groups in total. The summed E-state index contributed by atoms with van der Waals surface area (Å²) in [4.78, 5) is 4.27. The highest BCUT2D eigenvalue weighted by Gasteiger charge is 2.12. The third kappa shape index (κ3) is 4.29. The highest BCUT2D eigenvalue weighted by molar-refractivity contribution is 14.0. The van der Waals surface area contributed by atoms with Crippen LogP contribution in [0.1, 0.15) is 18.1 Å². The summed E-state index contributed by atoms with van der Waals surface area (Å²) in [5, 5.41) is 16.8. The zero-order chi connectivity index (χ0) is 12.1. The quantitative estimate of drug-likeness (QED) is 0.701. The summed E-state index contributed by atoms with van der Waals surface area (Å²) in [6, 6.07) is 7.31. The summed E-state index contributed by atoms with van der Waals surface area (Å²) in [5.41, 5.74) is 0.734. The van der Waals surface area contributed by atoms with Crippen molar-refractivity contribution in [2.75, 3.05) is 19.6 Å². The number of aliphatic imine (C=N–C) groups is 1.